The molecule has 4 nitrogen and oxygen atoms in total. The van der Waals surface area contributed by atoms with Gasteiger partial charge in [-0.3, -0.25) is 9.78 Å². The molecule has 2 rings (SSSR count). The number of para-hydroxylation sites is 1. The van der Waals surface area contributed by atoms with Crippen molar-refractivity contribution in [1.29, 1.82) is 0 Å². The second-order valence-corrected chi connectivity index (χ2v) is 5.90. The van der Waals surface area contributed by atoms with Gasteiger partial charge in [0.15, 0.2) is 0 Å². The second-order valence-electron chi connectivity index (χ2n) is 5.90. The van der Waals surface area contributed by atoms with Crippen LogP contribution >= 0.6 is 0 Å². The van der Waals surface area contributed by atoms with Crippen LogP contribution in [0.15, 0.2) is 36.7 Å². The monoisotopic (exact) mass is 312 g/mol. The fourth-order valence-electron chi connectivity index (χ4n) is 2.50. The van der Waals surface area contributed by atoms with Gasteiger partial charge in [-0.2, -0.15) is 0 Å². The molecule has 0 bridgehead atoms. The molecule has 0 atom stereocenters. The lowest BCUT2D eigenvalue weighted by molar-refractivity contribution is 0.0787. The van der Waals surface area contributed by atoms with Gasteiger partial charge in [-0.1, -0.05) is 18.2 Å². The summed E-state index contributed by atoms with van der Waals surface area (Å²) < 4.78 is 5.87. The summed E-state index contributed by atoms with van der Waals surface area (Å²) in [5.74, 6) is 0.942. The summed E-state index contributed by atoms with van der Waals surface area (Å²) in [6.45, 7) is 7.26. The van der Waals surface area contributed by atoms with Gasteiger partial charge in [-0.25, -0.2) is 0 Å². The smallest absolute Gasteiger partial charge is 0.255 e. The zero-order valence-electron chi connectivity index (χ0n) is 14.3. The van der Waals surface area contributed by atoms with Crippen molar-refractivity contribution in [2.75, 3.05) is 20.2 Å². The molecule has 0 radical (unpaired) electrons. The Morgan fingerprint density at radius 2 is 1.87 bits per heavy atom. The number of nitrogens with zero attached hydrogens (tertiary/aromatic N) is 2. The number of aryl methyl sites for hydroxylation is 3. The molecule has 23 heavy (non-hydrogen) atoms. The molecule has 0 spiro atoms. The molecule has 0 aliphatic heterocycles. The van der Waals surface area contributed by atoms with Gasteiger partial charge >= 0.3 is 0 Å². The van der Waals surface area contributed by atoms with Gasteiger partial charge in [-0.05, 0) is 49.9 Å². The minimum Gasteiger partial charge on any atom is -0.493 e. The summed E-state index contributed by atoms with van der Waals surface area (Å²) in [5.41, 5.74) is 3.89. The maximum atomic E-state index is 12.3. The van der Waals surface area contributed by atoms with Crippen LogP contribution < -0.4 is 4.74 Å². The lowest BCUT2D eigenvalue weighted by Crippen LogP contribution is -2.28. The maximum absolute atomic E-state index is 12.3. The average Bonchev–Trinajstić information content (AvgIpc) is 2.52. The highest BCUT2D eigenvalue weighted by Crippen LogP contribution is 2.22. The molecular formula is C19H24N2O2. The molecular weight excluding hydrogens is 288 g/mol. The maximum Gasteiger partial charge on any atom is 0.255 e. The van der Waals surface area contributed by atoms with Gasteiger partial charge in [0, 0.05) is 26.0 Å². The number of benzene rings is 1. The number of amides is 1. The van der Waals surface area contributed by atoms with Crippen LogP contribution in [0.3, 0.4) is 0 Å². The average molecular weight is 312 g/mol. The summed E-state index contributed by atoms with van der Waals surface area (Å²) in [7, 11) is 1.81. The van der Waals surface area contributed by atoms with E-state index in [1.54, 1.807) is 17.3 Å². The molecule has 0 unspecified atom stereocenters. The summed E-state index contributed by atoms with van der Waals surface area (Å²) in [5, 5.41) is 0. The number of carbonyl (C=O) groups is 1. The van der Waals surface area contributed by atoms with Gasteiger partial charge in [-0.15, -0.1) is 0 Å². The predicted octanol–water partition coefficient (Wildman–Crippen LogP) is 3.55. The predicted molar refractivity (Wildman–Crippen MR) is 92.0 cm³/mol. The van der Waals surface area contributed by atoms with Crippen molar-refractivity contribution in [3.8, 4) is 5.75 Å². The molecule has 0 saturated carbocycles. The second kappa shape index (κ2) is 7.77. The van der Waals surface area contributed by atoms with Crippen molar-refractivity contribution in [3.63, 3.8) is 0 Å². The van der Waals surface area contributed by atoms with Gasteiger partial charge in [0.25, 0.3) is 5.91 Å². The van der Waals surface area contributed by atoms with E-state index in [-0.39, 0.29) is 5.91 Å². The number of pyridine rings is 1. The van der Waals surface area contributed by atoms with E-state index in [4.69, 9.17) is 4.74 Å². The summed E-state index contributed by atoms with van der Waals surface area (Å²) >= 11 is 0. The van der Waals surface area contributed by atoms with Crippen LogP contribution in [-0.2, 0) is 0 Å². The number of aromatic nitrogens is 1. The van der Waals surface area contributed by atoms with E-state index in [1.165, 1.54) is 0 Å². The topological polar surface area (TPSA) is 42.4 Å². The van der Waals surface area contributed by atoms with Crippen LogP contribution in [-0.4, -0.2) is 36.0 Å². The largest absolute Gasteiger partial charge is 0.493 e. The van der Waals surface area contributed by atoms with Crippen molar-refractivity contribution < 1.29 is 9.53 Å². The molecule has 1 aromatic heterocycles. The number of hydrogen-bond acceptors (Lipinski definition) is 3. The van der Waals surface area contributed by atoms with E-state index >= 15 is 0 Å². The van der Waals surface area contributed by atoms with E-state index in [2.05, 4.69) is 4.98 Å². The highest BCUT2D eigenvalue weighted by atomic mass is 16.5. The van der Waals surface area contributed by atoms with Gasteiger partial charge in [0.05, 0.1) is 12.2 Å². The van der Waals surface area contributed by atoms with Gasteiger partial charge in [0.1, 0.15) is 5.75 Å². The first-order chi connectivity index (χ1) is 11.0. The molecule has 0 saturated heterocycles. The van der Waals surface area contributed by atoms with Crippen LogP contribution in [0.5, 0.6) is 5.75 Å². The molecule has 1 amide bonds. The van der Waals surface area contributed by atoms with E-state index < -0.39 is 0 Å². The Kier molecular flexibility index (Phi) is 5.74. The number of ether oxygens (including phenoxy) is 1. The van der Waals surface area contributed by atoms with Crippen LogP contribution in [0.2, 0.25) is 0 Å². The zero-order chi connectivity index (χ0) is 16.8. The van der Waals surface area contributed by atoms with Crippen LogP contribution in [0.25, 0.3) is 0 Å². The third kappa shape index (κ3) is 4.55. The number of hydrogen-bond donors (Lipinski definition) is 0. The minimum absolute atomic E-state index is 0.00623. The molecule has 2 aromatic rings. The van der Waals surface area contributed by atoms with Crippen molar-refractivity contribution in [2.24, 2.45) is 0 Å². The molecule has 0 aliphatic carbocycles. The molecule has 0 fully saturated rings. The lowest BCUT2D eigenvalue weighted by Gasteiger charge is -2.18. The van der Waals surface area contributed by atoms with Crippen molar-refractivity contribution in [1.82, 2.24) is 9.88 Å². The Bertz CT molecular complexity index is 663. The van der Waals surface area contributed by atoms with E-state index in [0.717, 1.165) is 28.9 Å². The number of rotatable bonds is 6. The highest BCUT2D eigenvalue weighted by Gasteiger charge is 2.12. The van der Waals surface area contributed by atoms with Crippen LogP contribution in [0.4, 0.5) is 0 Å². The fourth-order valence-corrected chi connectivity index (χ4v) is 2.50. The van der Waals surface area contributed by atoms with Gasteiger partial charge in [0.2, 0.25) is 0 Å². The van der Waals surface area contributed by atoms with Crippen LogP contribution in [0.1, 0.15) is 33.5 Å². The Balaban J connectivity index is 1.83. The van der Waals surface area contributed by atoms with Crippen molar-refractivity contribution in [3.05, 3.63) is 58.9 Å². The van der Waals surface area contributed by atoms with E-state index in [0.29, 0.717) is 18.7 Å². The molecule has 4 heteroatoms. The Morgan fingerprint density at radius 1 is 1.17 bits per heavy atom. The van der Waals surface area contributed by atoms with E-state index in [9.17, 15) is 4.79 Å². The Morgan fingerprint density at radius 3 is 2.52 bits per heavy atom. The number of carbonyl (C=O) groups excluding carboxylic acids is 1. The van der Waals surface area contributed by atoms with Crippen LogP contribution in [0, 0.1) is 20.8 Å². The highest BCUT2D eigenvalue weighted by molar-refractivity contribution is 5.93. The Labute approximate surface area is 138 Å². The van der Waals surface area contributed by atoms with Crippen molar-refractivity contribution in [2.45, 2.75) is 27.2 Å². The first-order valence-corrected chi connectivity index (χ1v) is 7.85. The SMILES string of the molecule is Cc1cncc(C(=O)N(C)CCCOc2c(C)cccc2C)c1. The van der Waals surface area contributed by atoms with Crippen molar-refractivity contribution >= 4 is 5.91 Å². The minimum atomic E-state index is -0.00623. The summed E-state index contributed by atoms with van der Waals surface area (Å²) in [4.78, 5) is 18.1. The fraction of sp³-hybridized carbons (Fsp3) is 0.368. The zero-order valence-corrected chi connectivity index (χ0v) is 14.3. The lowest BCUT2D eigenvalue weighted by atomic mass is 10.1. The third-order valence-corrected chi connectivity index (χ3v) is 3.76. The first kappa shape index (κ1) is 17.0. The quantitative estimate of drug-likeness (QED) is 0.766. The molecule has 1 heterocycles. The standard InChI is InChI=1S/C19H24N2O2/c1-14-11-17(13-20-12-14)19(22)21(4)9-6-10-23-18-15(2)7-5-8-16(18)3/h5,7-8,11-13H,6,9-10H2,1-4H3. The summed E-state index contributed by atoms with van der Waals surface area (Å²) in [6.07, 6.45) is 4.14. The summed E-state index contributed by atoms with van der Waals surface area (Å²) in [6, 6.07) is 7.98. The molecule has 1 aromatic carbocycles. The van der Waals surface area contributed by atoms with E-state index in [1.807, 2.05) is 52.1 Å². The van der Waals surface area contributed by atoms with Gasteiger partial charge < -0.3 is 9.64 Å². The first-order valence-electron chi connectivity index (χ1n) is 7.85. The molecule has 122 valence electrons. The Hall–Kier alpha value is -2.36. The normalized spacial score (nSPS) is 10.4. The molecule has 0 N–H and O–H groups in total. The molecule has 0 aliphatic rings. The third-order valence-electron chi connectivity index (χ3n) is 3.76.